The zero-order valence-electron chi connectivity index (χ0n) is 13.4. The molecular formula is C16H11ClF3N3O4. The molecule has 1 fully saturated rings. The zero-order valence-corrected chi connectivity index (χ0v) is 14.2. The van der Waals surface area contributed by atoms with E-state index in [4.69, 9.17) is 16.3 Å². The summed E-state index contributed by atoms with van der Waals surface area (Å²) < 4.78 is 44.1. The van der Waals surface area contributed by atoms with E-state index in [9.17, 15) is 28.1 Å². The minimum atomic E-state index is -4.61. The lowest BCUT2D eigenvalue weighted by atomic mass is 10.1. The van der Waals surface area contributed by atoms with Crippen molar-refractivity contribution in [1.82, 2.24) is 9.88 Å². The molecule has 0 saturated carbocycles. The van der Waals surface area contributed by atoms with Crippen LogP contribution in [0.4, 0.5) is 18.9 Å². The summed E-state index contributed by atoms with van der Waals surface area (Å²) in [5.74, 6) is -1.13. The van der Waals surface area contributed by atoms with E-state index in [-0.39, 0.29) is 29.4 Å². The number of hydrogen-bond acceptors (Lipinski definition) is 5. The minimum Gasteiger partial charge on any atom is -0.470 e. The summed E-state index contributed by atoms with van der Waals surface area (Å²) in [5, 5.41) is 10.9. The number of nitro benzene ring substituents is 1. The Hall–Kier alpha value is -2.88. The van der Waals surface area contributed by atoms with Gasteiger partial charge in [-0.05, 0) is 18.2 Å². The molecule has 7 nitrogen and oxygen atoms in total. The maximum absolute atomic E-state index is 12.9. The Morgan fingerprint density at radius 2 is 2.04 bits per heavy atom. The van der Waals surface area contributed by atoms with E-state index < -0.39 is 34.6 Å². The molecule has 11 heteroatoms. The van der Waals surface area contributed by atoms with Crippen LogP contribution >= 0.6 is 11.6 Å². The van der Waals surface area contributed by atoms with Gasteiger partial charge in [-0.3, -0.25) is 14.9 Å². The number of halogens is 4. The number of pyridine rings is 1. The van der Waals surface area contributed by atoms with E-state index in [1.807, 2.05) is 0 Å². The molecule has 0 unspecified atom stereocenters. The van der Waals surface area contributed by atoms with Crippen molar-refractivity contribution in [3.8, 4) is 5.88 Å². The van der Waals surface area contributed by atoms with E-state index in [0.717, 1.165) is 18.2 Å². The van der Waals surface area contributed by atoms with Gasteiger partial charge in [0.2, 0.25) is 5.88 Å². The van der Waals surface area contributed by atoms with Gasteiger partial charge in [-0.25, -0.2) is 4.98 Å². The normalized spacial score (nSPS) is 14.6. The summed E-state index contributed by atoms with van der Waals surface area (Å²) >= 11 is 5.92. The highest BCUT2D eigenvalue weighted by atomic mass is 35.5. The van der Waals surface area contributed by atoms with Gasteiger partial charge >= 0.3 is 6.18 Å². The number of alkyl halides is 3. The lowest BCUT2D eigenvalue weighted by Gasteiger charge is -2.39. The van der Waals surface area contributed by atoms with E-state index >= 15 is 0 Å². The first-order chi connectivity index (χ1) is 12.7. The quantitative estimate of drug-likeness (QED) is 0.577. The maximum Gasteiger partial charge on any atom is 0.421 e. The standard InChI is InChI=1S/C16H11ClF3N3O4/c17-13-4-3-9(23(25)26)6-11(13)15(24)22-7-10(8-22)27-14-12(16(18,19)20)2-1-5-21-14/h1-6,10H,7-8H2. The third kappa shape index (κ3) is 3.95. The number of aromatic nitrogens is 1. The van der Waals surface area contributed by atoms with Gasteiger partial charge in [-0.15, -0.1) is 0 Å². The number of non-ortho nitro benzene ring substituents is 1. The van der Waals surface area contributed by atoms with Gasteiger partial charge in [-0.2, -0.15) is 13.2 Å². The van der Waals surface area contributed by atoms with Crippen LogP contribution in [0, 0.1) is 10.1 Å². The Morgan fingerprint density at radius 3 is 2.67 bits per heavy atom. The molecule has 3 rings (SSSR count). The van der Waals surface area contributed by atoms with Crippen molar-refractivity contribution in [2.75, 3.05) is 13.1 Å². The summed E-state index contributed by atoms with van der Waals surface area (Å²) in [6.07, 6.45) is -4.11. The fourth-order valence-electron chi connectivity index (χ4n) is 2.50. The summed E-state index contributed by atoms with van der Waals surface area (Å²) in [5.41, 5.74) is -1.35. The first kappa shape index (κ1) is 18.9. The molecule has 0 aliphatic carbocycles. The SMILES string of the molecule is O=C(c1cc([N+](=O)[O-])ccc1Cl)N1CC(Oc2ncccc2C(F)(F)F)C1. The number of likely N-dealkylation sites (tertiary alicyclic amines) is 1. The second-order valence-electron chi connectivity index (χ2n) is 5.73. The van der Waals surface area contributed by atoms with Gasteiger partial charge < -0.3 is 9.64 Å². The fourth-order valence-corrected chi connectivity index (χ4v) is 2.70. The molecule has 0 radical (unpaired) electrons. The van der Waals surface area contributed by atoms with Gasteiger partial charge in [0.05, 0.1) is 28.6 Å². The van der Waals surface area contributed by atoms with Crippen molar-refractivity contribution in [3.05, 3.63) is 62.8 Å². The third-order valence-electron chi connectivity index (χ3n) is 3.88. The molecule has 142 valence electrons. The number of amides is 1. The largest absolute Gasteiger partial charge is 0.470 e. The minimum absolute atomic E-state index is 0.00568. The number of ether oxygens (including phenoxy) is 1. The zero-order chi connectivity index (χ0) is 19.8. The number of carbonyl (C=O) groups excluding carboxylic acids is 1. The van der Waals surface area contributed by atoms with Crippen molar-refractivity contribution in [1.29, 1.82) is 0 Å². The number of benzene rings is 1. The maximum atomic E-state index is 12.9. The highest BCUT2D eigenvalue weighted by Gasteiger charge is 2.39. The monoisotopic (exact) mass is 401 g/mol. The second-order valence-corrected chi connectivity index (χ2v) is 6.13. The lowest BCUT2D eigenvalue weighted by Crippen LogP contribution is -2.56. The van der Waals surface area contributed by atoms with Crippen molar-refractivity contribution in [3.63, 3.8) is 0 Å². The average Bonchev–Trinajstić information content (AvgIpc) is 2.57. The highest BCUT2D eigenvalue weighted by Crippen LogP contribution is 2.35. The summed E-state index contributed by atoms with van der Waals surface area (Å²) in [6, 6.07) is 5.47. The first-order valence-electron chi connectivity index (χ1n) is 7.59. The molecular weight excluding hydrogens is 391 g/mol. The Balaban J connectivity index is 1.68. The lowest BCUT2D eigenvalue weighted by molar-refractivity contribution is -0.384. The Labute approximate surface area is 155 Å². The van der Waals surface area contributed by atoms with Crippen LogP contribution in [-0.2, 0) is 6.18 Å². The second kappa shape index (κ2) is 7.03. The van der Waals surface area contributed by atoms with Crippen LogP contribution in [0.5, 0.6) is 5.88 Å². The van der Waals surface area contributed by atoms with Crippen LogP contribution in [0.15, 0.2) is 36.5 Å². The molecule has 0 spiro atoms. The third-order valence-corrected chi connectivity index (χ3v) is 4.21. The molecule has 0 N–H and O–H groups in total. The molecule has 2 heterocycles. The van der Waals surface area contributed by atoms with Gasteiger partial charge in [0.1, 0.15) is 11.7 Å². The van der Waals surface area contributed by atoms with Crippen LogP contribution < -0.4 is 4.74 Å². The van der Waals surface area contributed by atoms with E-state index in [1.54, 1.807) is 0 Å². The van der Waals surface area contributed by atoms with Gasteiger partial charge in [0.15, 0.2) is 0 Å². The Morgan fingerprint density at radius 1 is 1.33 bits per heavy atom. The summed E-state index contributed by atoms with van der Waals surface area (Å²) in [4.78, 5) is 27.5. The van der Waals surface area contributed by atoms with Crippen molar-refractivity contribution < 1.29 is 27.6 Å². The van der Waals surface area contributed by atoms with E-state index in [1.165, 1.54) is 23.2 Å². The van der Waals surface area contributed by atoms with Crippen LogP contribution in [0.1, 0.15) is 15.9 Å². The number of rotatable bonds is 4. The van der Waals surface area contributed by atoms with Crippen LogP contribution in [0.3, 0.4) is 0 Å². The molecule has 1 saturated heterocycles. The predicted molar refractivity (Wildman–Crippen MR) is 87.7 cm³/mol. The van der Waals surface area contributed by atoms with Crippen molar-refractivity contribution in [2.24, 2.45) is 0 Å². The Bertz CT molecular complexity index is 901. The van der Waals surface area contributed by atoms with Gasteiger partial charge in [0.25, 0.3) is 11.6 Å². The number of nitrogens with zero attached hydrogens (tertiary/aromatic N) is 3. The predicted octanol–water partition coefficient (Wildman–Crippen LogP) is 3.57. The summed E-state index contributed by atoms with van der Waals surface area (Å²) in [7, 11) is 0. The van der Waals surface area contributed by atoms with E-state index in [0.29, 0.717) is 0 Å². The van der Waals surface area contributed by atoms with E-state index in [2.05, 4.69) is 4.98 Å². The number of carbonyl (C=O) groups is 1. The van der Waals surface area contributed by atoms with Crippen molar-refractivity contribution in [2.45, 2.75) is 12.3 Å². The smallest absolute Gasteiger partial charge is 0.421 e. The summed E-state index contributed by atoms with van der Waals surface area (Å²) in [6.45, 7) is 0.0114. The highest BCUT2D eigenvalue weighted by molar-refractivity contribution is 6.34. The number of nitro groups is 1. The Kier molecular flexibility index (Phi) is 4.92. The van der Waals surface area contributed by atoms with Crippen LogP contribution in [0.2, 0.25) is 5.02 Å². The van der Waals surface area contributed by atoms with Crippen LogP contribution in [-0.4, -0.2) is 39.9 Å². The molecule has 0 atom stereocenters. The van der Waals surface area contributed by atoms with Crippen molar-refractivity contribution >= 4 is 23.2 Å². The average molecular weight is 402 g/mol. The molecule has 1 amide bonds. The van der Waals surface area contributed by atoms with Crippen LogP contribution in [0.25, 0.3) is 0 Å². The molecule has 1 aromatic heterocycles. The molecule has 2 aromatic rings. The van der Waals surface area contributed by atoms with Gasteiger partial charge in [0, 0.05) is 18.3 Å². The van der Waals surface area contributed by atoms with Gasteiger partial charge in [-0.1, -0.05) is 11.6 Å². The molecule has 1 aliphatic rings. The fraction of sp³-hybridized carbons (Fsp3) is 0.250. The molecule has 0 bridgehead atoms. The topological polar surface area (TPSA) is 85.6 Å². The molecule has 1 aliphatic heterocycles. The number of hydrogen-bond donors (Lipinski definition) is 0. The molecule has 27 heavy (non-hydrogen) atoms. The first-order valence-corrected chi connectivity index (χ1v) is 7.96. The molecule has 1 aromatic carbocycles.